The van der Waals surface area contributed by atoms with Crippen LogP contribution in [0.5, 0.6) is 0 Å². The van der Waals surface area contributed by atoms with Gasteiger partial charge in [-0.15, -0.1) is 15.3 Å². The zero-order chi connectivity index (χ0) is 18.3. The number of halogens is 3. The van der Waals surface area contributed by atoms with Crippen molar-refractivity contribution in [1.29, 1.82) is 0 Å². The number of nitrogens with zero attached hydrogens (tertiary/aromatic N) is 6. The molecule has 0 spiro atoms. The SMILES string of the molecule is O=C(C1CCCO1)N1CCN(c2ccc3nnc(C(F)(F)F)n3n2)CC1. The molecule has 8 nitrogen and oxygen atoms in total. The average Bonchev–Trinajstić information content (AvgIpc) is 3.30. The van der Waals surface area contributed by atoms with Crippen LogP contribution in [0.25, 0.3) is 5.65 Å². The minimum Gasteiger partial charge on any atom is -0.368 e. The van der Waals surface area contributed by atoms with E-state index in [9.17, 15) is 18.0 Å². The summed E-state index contributed by atoms with van der Waals surface area (Å²) in [6.45, 7) is 2.54. The molecule has 0 aromatic carbocycles. The van der Waals surface area contributed by atoms with E-state index in [0.717, 1.165) is 12.8 Å². The van der Waals surface area contributed by atoms with E-state index >= 15 is 0 Å². The lowest BCUT2D eigenvalue weighted by molar-refractivity contribution is -0.146. The second kappa shape index (κ2) is 6.38. The molecule has 2 aromatic heterocycles. The molecule has 0 bridgehead atoms. The molecule has 1 amide bonds. The Morgan fingerprint density at radius 2 is 1.92 bits per heavy atom. The molecule has 2 saturated heterocycles. The molecule has 0 N–H and O–H groups in total. The number of carbonyl (C=O) groups excluding carboxylic acids is 1. The number of ether oxygens (including phenoxy) is 1. The van der Waals surface area contributed by atoms with Crippen molar-refractivity contribution in [2.75, 3.05) is 37.7 Å². The summed E-state index contributed by atoms with van der Waals surface area (Å²) in [5.41, 5.74) is 0.0354. The molecule has 0 saturated carbocycles. The summed E-state index contributed by atoms with van der Waals surface area (Å²) in [5, 5.41) is 10.7. The van der Waals surface area contributed by atoms with Gasteiger partial charge in [0.25, 0.3) is 11.7 Å². The van der Waals surface area contributed by atoms with Crippen molar-refractivity contribution in [3.63, 3.8) is 0 Å². The van der Waals surface area contributed by atoms with Crippen LogP contribution in [0.15, 0.2) is 12.1 Å². The maximum absolute atomic E-state index is 13.0. The second-order valence-electron chi connectivity index (χ2n) is 6.30. The number of aromatic nitrogens is 4. The molecule has 4 heterocycles. The van der Waals surface area contributed by atoms with Gasteiger partial charge >= 0.3 is 6.18 Å². The standard InChI is InChI=1S/C15H17F3N6O2/c16-15(17,18)14-20-19-11-3-4-12(21-24(11)14)22-5-7-23(8-6-22)13(25)10-2-1-9-26-10/h3-4,10H,1-2,5-9H2. The van der Waals surface area contributed by atoms with Gasteiger partial charge in [0.05, 0.1) is 0 Å². The van der Waals surface area contributed by atoms with E-state index in [0.29, 0.717) is 43.1 Å². The van der Waals surface area contributed by atoms with E-state index in [1.54, 1.807) is 11.0 Å². The summed E-state index contributed by atoms with van der Waals surface area (Å²) >= 11 is 0. The molecule has 2 fully saturated rings. The molecule has 2 aliphatic rings. The van der Waals surface area contributed by atoms with E-state index in [-0.39, 0.29) is 17.7 Å². The number of rotatable bonds is 2. The first kappa shape index (κ1) is 17.0. The van der Waals surface area contributed by atoms with E-state index in [1.807, 2.05) is 4.90 Å². The molecule has 4 rings (SSSR count). The maximum Gasteiger partial charge on any atom is 0.453 e. The van der Waals surface area contributed by atoms with E-state index in [4.69, 9.17) is 4.74 Å². The fraction of sp³-hybridized carbons (Fsp3) is 0.600. The van der Waals surface area contributed by atoms with Crippen LogP contribution in [0.4, 0.5) is 19.0 Å². The Bertz CT molecular complexity index is 809. The summed E-state index contributed by atoms with van der Waals surface area (Å²) < 4.78 is 45.1. The van der Waals surface area contributed by atoms with Crippen LogP contribution in [0, 0.1) is 0 Å². The lowest BCUT2D eigenvalue weighted by Gasteiger charge is -2.36. The highest BCUT2D eigenvalue weighted by molar-refractivity contribution is 5.81. The predicted octanol–water partition coefficient (Wildman–Crippen LogP) is 0.971. The van der Waals surface area contributed by atoms with Crippen LogP contribution >= 0.6 is 0 Å². The minimum absolute atomic E-state index is 0.0104. The van der Waals surface area contributed by atoms with Crippen molar-refractivity contribution in [1.82, 2.24) is 24.7 Å². The highest BCUT2D eigenvalue weighted by Gasteiger charge is 2.38. The number of amides is 1. The Balaban J connectivity index is 1.48. The van der Waals surface area contributed by atoms with Crippen molar-refractivity contribution in [2.45, 2.75) is 25.1 Å². The van der Waals surface area contributed by atoms with Crippen molar-refractivity contribution in [3.05, 3.63) is 18.0 Å². The first-order valence-corrected chi connectivity index (χ1v) is 8.38. The quantitative estimate of drug-likeness (QED) is 0.784. The highest BCUT2D eigenvalue weighted by Crippen LogP contribution is 2.28. The Labute approximate surface area is 146 Å². The van der Waals surface area contributed by atoms with Crippen LogP contribution in [0.2, 0.25) is 0 Å². The van der Waals surface area contributed by atoms with Crippen LogP contribution < -0.4 is 4.90 Å². The molecular formula is C15H17F3N6O2. The van der Waals surface area contributed by atoms with Gasteiger partial charge in [-0.25, -0.2) is 0 Å². The van der Waals surface area contributed by atoms with Crippen molar-refractivity contribution in [2.24, 2.45) is 0 Å². The monoisotopic (exact) mass is 370 g/mol. The fourth-order valence-corrected chi connectivity index (χ4v) is 3.26. The van der Waals surface area contributed by atoms with Gasteiger partial charge in [0.2, 0.25) is 0 Å². The molecule has 1 atom stereocenters. The van der Waals surface area contributed by atoms with Gasteiger partial charge in [0, 0.05) is 32.8 Å². The number of alkyl halides is 3. The highest BCUT2D eigenvalue weighted by atomic mass is 19.4. The zero-order valence-corrected chi connectivity index (χ0v) is 13.8. The summed E-state index contributed by atoms with van der Waals surface area (Å²) in [4.78, 5) is 15.9. The third-order valence-corrected chi connectivity index (χ3v) is 4.62. The van der Waals surface area contributed by atoms with Crippen LogP contribution in [0.1, 0.15) is 18.7 Å². The van der Waals surface area contributed by atoms with E-state index in [1.165, 1.54) is 6.07 Å². The van der Waals surface area contributed by atoms with Gasteiger partial charge in [0.1, 0.15) is 11.9 Å². The predicted molar refractivity (Wildman–Crippen MR) is 83.6 cm³/mol. The molecule has 140 valence electrons. The number of hydrogen-bond acceptors (Lipinski definition) is 6. The Kier molecular flexibility index (Phi) is 4.17. The minimum atomic E-state index is -4.63. The Hall–Kier alpha value is -2.43. The first-order chi connectivity index (χ1) is 12.4. The Morgan fingerprint density at radius 1 is 1.15 bits per heavy atom. The number of carbonyl (C=O) groups is 1. The number of anilines is 1. The zero-order valence-electron chi connectivity index (χ0n) is 13.8. The number of fused-ring (bicyclic) bond motifs is 1. The van der Waals surface area contributed by atoms with Gasteiger partial charge in [-0.3, -0.25) is 4.79 Å². The number of piperazine rings is 1. The average molecular weight is 370 g/mol. The van der Waals surface area contributed by atoms with Gasteiger partial charge < -0.3 is 14.5 Å². The van der Waals surface area contributed by atoms with Crippen LogP contribution in [-0.4, -0.2) is 69.5 Å². The third kappa shape index (κ3) is 3.06. The largest absolute Gasteiger partial charge is 0.453 e. The molecular weight excluding hydrogens is 353 g/mol. The molecule has 2 aromatic rings. The van der Waals surface area contributed by atoms with Gasteiger partial charge in [-0.1, -0.05) is 0 Å². The topological polar surface area (TPSA) is 75.9 Å². The van der Waals surface area contributed by atoms with E-state index < -0.39 is 12.0 Å². The number of hydrogen-bond donors (Lipinski definition) is 0. The summed E-state index contributed by atoms with van der Waals surface area (Å²) in [5.74, 6) is -0.766. The second-order valence-corrected chi connectivity index (χ2v) is 6.30. The third-order valence-electron chi connectivity index (χ3n) is 4.62. The molecule has 0 aliphatic carbocycles. The van der Waals surface area contributed by atoms with Gasteiger partial charge in [-0.2, -0.15) is 17.7 Å². The summed E-state index contributed by atoms with van der Waals surface area (Å²) in [6.07, 6.45) is -3.36. The first-order valence-electron chi connectivity index (χ1n) is 8.38. The van der Waals surface area contributed by atoms with E-state index in [2.05, 4.69) is 15.3 Å². The van der Waals surface area contributed by atoms with Crippen molar-refractivity contribution < 1.29 is 22.7 Å². The molecule has 11 heteroatoms. The molecule has 26 heavy (non-hydrogen) atoms. The lowest BCUT2D eigenvalue weighted by Crippen LogP contribution is -2.51. The lowest BCUT2D eigenvalue weighted by atomic mass is 10.2. The smallest absolute Gasteiger partial charge is 0.368 e. The normalized spacial score (nSPS) is 21.6. The summed E-state index contributed by atoms with van der Waals surface area (Å²) in [6, 6.07) is 3.07. The molecule has 0 radical (unpaired) electrons. The summed E-state index contributed by atoms with van der Waals surface area (Å²) in [7, 11) is 0. The van der Waals surface area contributed by atoms with Gasteiger partial charge in [-0.05, 0) is 25.0 Å². The maximum atomic E-state index is 13.0. The van der Waals surface area contributed by atoms with Crippen LogP contribution in [-0.2, 0) is 15.7 Å². The molecule has 1 unspecified atom stereocenters. The van der Waals surface area contributed by atoms with Crippen molar-refractivity contribution in [3.8, 4) is 0 Å². The fourth-order valence-electron chi connectivity index (χ4n) is 3.26. The molecule has 2 aliphatic heterocycles. The van der Waals surface area contributed by atoms with Crippen molar-refractivity contribution >= 4 is 17.4 Å². The van der Waals surface area contributed by atoms with Crippen LogP contribution in [0.3, 0.4) is 0 Å². The van der Waals surface area contributed by atoms with Gasteiger partial charge in [0.15, 0.2) is 5.65 Å². The Morgan fingerprint density at radius 3 is 2.58 bits per heavy atom.